The van der Waals surface area contributed by atoms with Crippen LogP contribution in [0.3, 0.4) is 0 Å². The van der Waals surface area contributed by atoms with E-state index in [0.29, 0.717) is 17.9 Å². The van der Waals surface area contributed by atoms with E-state index in [-0.39, 0.29) is 23.5 Å². The number of fused-ring (bicyclic) bond motifs is 1. The molecule has 2 rings (SSSR count). The molecule has 2 N–H and O–H groups in total. The predicted molar refractivity (Wildman–Crippen MR) is 68.4 cm³/mol. The fraction of sp³-hybridized carbons (Fsp3) is 0.462. The Hall–Kier alpha value is -1.78. The highest BCUT2D eigenvalue weighted by Crippen LogP contribution is 2.33. The van der Waals surface area contributed by atoms with Crippen molar-refractivity contribution in [3.8, 4) is 5.75 Å². The molecule has 0 bridgehead atoms. The molecule has 1 heterocycles. The second kappa shape index (κ2) is 4.84. The zero-order valence-corrected chi connectivity index (χ0v) is 10.7. The molecule has 1 aliphatic rings. The van der Waals surface area contributed by atoms with E-state index in [4.69, 9.17) is 4.74 Å². The van der Waals surface area contributed by atoms with Gasteiger partial charge in [-0.15, -0.1) is 0 Å². The van der Waals surface area contributed by atoms with E-state index in [1.165, 1.54) is 13.2 Å². The Morgan fingerprint density at radius 3 is 2.72 bits per heavy atom. The van der Waals surface area contributed by atoms with E-state index in [2.05, 4.69) is 10.6 Å². The van der Waals surface area contributed by atoms with Gasteiger partial charge in [0.05, 0.1) is 24.4 Å². The third-order valence-corrected chi connectivity index (χ3v) is 3.20. The van der Waals surface area contributed by atoms with Crippen LogP contribution in [0.5, 0.6) is 5.75 Å². The van der Waals surface area contributed by atoms with Gasteiger partial charge in [-0.05, 0) is 5.92 Å². The lowest BCUT2D eigenvalue weighted by molar-refractivity contribution is -0.120. The van der Waals surface area contributed by atoms with Gasteiger partial charge in [-0.1, -0.05) is 13.8 Å². The van der Waals surface area contributed by atoms with E-state index >= 15 is 0 Å². The Kier molecular flexibility index (Phi) is 3.41. The van der Waals surface area contributed by atoms with Crippen LogP contribution < -0.4 is 15.4 Å². The molecule has 0 radical (unpaired) electrons. The lowest BCUT2D eigenvalue weighted by Crippen LogP contribution is -2.29. The van der Waals surface area contributed by atoms with Crippen molar-refractivity contribution in [1.82, 2.24) is 0 Å². The normalized spacial score (nSPS) is 18.7. The maximum absolute atomic E-state index is 13.6. The van der Waals surface area contributed by atoms with Gasteiger partial charge in [-0.3, -0.25) is 4.79 Å². The van der Waals surface area contributed by atoms with Gasteiger partial charge in [0.1, 0.15) is 0 Å². The predicted octanol–water partition coefficient (Wildman–Crippen LogP) is 2.47. The number of nitrogens with one attached hydrogen (secondary N) is 2. The molecule has 5 heteroatoms. The van der Waals surface area contributed by atoms with Crippen LogP contribution in [0.4, 0.5) is 15.8 Å². The maximum Gasteiger partial charge on any atom is 0.229 e. The van der Waals surface area contributed by atoms with Crippen LogP contribution in [-0.2, 0) is 4.79 Å². The van der Waals surface area contributed by atoms with Crippen molar-refractivity contribution in [3.05, 3.63) is 17.9 Å². The van der Waals surface area contributed by atoms with Crippen LogP contribution in [0.15, 0.2) is 12.1 Å². The van der Waals surface area contributed by atoms with E-state index in [0.717, 1.165) is 0 Å². The van der Waals surface area contributed by atoms with Gasteiger partial charge >= 0.3 is 0 Å². The molecule has 0 spiro atoms. The van der Waals surface area contributed by atoms with Gasteiger partial charge in [-0.25, -0.2) is 4.39 Å². The highest BCUT2D eigenvalue weighted by atomic mass is 19.1. The summed E-state index contributed by atoms with van der Waals surface area (Å²) in [6.07, 6.45) is 0. The molecule has 0 saturated carbocycles. The molecular formula is C13H17FN2O2. The molecular weight excluding hydrogens is 235 g/mol. The first-order valence-electron chi connectivity index (χ1n) is 5.95. The molecule has 1 aromatic rings. The van der Waals surface area contributed by atoms with Crippen molar-refractivity contribution < 1.29 is 13.9 Å². The maximum atomic E-state index is 13.6. The molecule has 98 valence electrons. The summed E-state index contributed by atoms with van der Waals surface area (Å²) in [5.41, 5.74) is 1.14. The van der Waals surface area contributed by atoms with Crippen molar-refractivity contribution in [2.75, 3.05) is 24.3 Å². The summed E-state index contributed by atoms with van der Waals surface area (Å²) in [5.74, 6) is -0.314. The van der Waals surface area contributed by atoms with E-state index in [9.17, 15) is 9.18 Å². The Morgan fingerprint density at radius 1 is 1.39 bits per heavy atom. The molecule has 1 amide bonds. The Bertz CT molecular complexity index is 474. The first kappa shape index (κ1) is 12.7. The van der Waals surface area contributed by atoms with Gasteiger partial charge in [0.25, 0.3) is 0 Å². The van der Waals surface area contributed by atoms with Crippen LogP contribution in [0.1, 0.15) is 13.8 Å². The Labute approximate surface area is 106 Å². The molecule has 0 fully saturated rings. The third kappa shape index (κ3) is 2.25. The molecule has 1 atom stereocenters. The SMILES string of the molecule is COc1cc2c(cc1F)NC(=O)C(C(C)C)CN2. The van der Waals surface area contributed by atoms with Crippen LogP contribution in [0, 0.1) is 17.7 Å². The average molecular weight is 252 g/mol. The molecule has 0 saturated heterocycles. The van der Waals surface area contributed by atoms with Crippen LogP contribution in [0.25, 0.3) is 0 Å². The zero-order chi connectivity index (χ0) is 13.3. The quantitative estimate of drug-likeness (QED) is 0.850. The van der Waals surface area contributed by atoms with Gasteiger partial charge < -0.3 is 15.4 Å². The zero-order valence-electron chi connectivity index (χ0n) is 10.7. The number of rotatable bonds is 2. The summed E-state index contributed by atoms with van der Waals surface area (Å²) in [7, 11) is 1.41. The minimum Gasteiger partial charge on any atom is -0.494 e. The largest absolute Gasteiger partial charge is 0.494 e. The van der Waals surface area contributed by atoms with Crippen LogP contribution in [0.2, 0.25) is 0 Å². The monoisotopic (exact) mass is 252 g/mol. The van der Waals surface area contributed by atoms with Crippen LogP contribution >= 0.6 is 0 Å². The molecule has 1 unspecified atom stereocenters. The number of methoxy groups -OCH3 is 1. The summed E-state index contributed by atoms with van der Waals surface area (Å²) < 4.78 is 18.5. The molecule has 0 aliphatic carbocycles. The summed E-state index contributed by atoms with van der Waals surface area (Å²) in [6, 6.07) is 2.84. The minimum atomic E-state index is -0.485. The molecule has 4 nitrogen and oxygen atoms in total. The number of carbonyl (C=O) groups excluding carboxylic acids is 1. The Morgan fingerprint density at radius 2 is 2.11 bits per heavy atom. The number of benzene rings is 1. The van der Waals surface area contributed by atoms with Gasteiger partial charge in [-0.2, -0.15) is 0 Å². The summed E-state index contributed by atoms with van der Waals surface area (Å²) in [5, 5.41) is 5.91. The number of halogens is 1. The third-order valence-electron chi connectivity index (χ3n) is 3.20. The van der Waals surface area contributed by atoms with Gasteiger partial charge in [0.2, 0.25) is 5.91 Å². The van der Waals surface area contributed by atoms with Crippen LogP contribution in [-0.4, -0.2) is 19.6 Å². The number of ether oxygens (including phenoxy) is 1. The van der Waals surface area contributed by atoms with Crippen molar-refractivity contribution in [2.45, 2.75) is 13.8 Å². The highest BCUT2D eigenvalue weighted by molar-refractivity contribution is 5.97. The first-order valence-corrected chi connectivity index (χ1v) is 5.95. The first-order chi connectivity index (χ1) is 8.52. The standard InChI is InChI=1S/C13H17FN2O2/c1-7(2)8-6-15-10-5-12(18-3)9(14)4-11(10)16-13(8)17/h4-5,7-8,15H,6H2,1-3H3,(H,16,17). The van der Waals surface area contributed by atoms with Gasteiger partial charge in [0.15, 0.2) is 11.6 Å². The lowest BCUT2D eigenvalue weighted by atomic mass is 9.95. The van der Waals surface area contributed by atoms with Crippen molar-refractivity contribution in [3.63, 3.8) is 0 Å². The average Bonchev–Trinajstić information content (AvgIpc) is 2.46. The molecule has 1 aliphatic heterocycles. The Balaban J connectivity index is 2.35. The fourth-order valence-corrected chi connectivity index (χ4v) is 2.04. The van der Waals surface area contributed by atoms with E-state index in [1.807, 2.05) is 13.8 Å². The number of amides is 1. The summed E-state index contributed by atoms with van der Waals surface area (Å²) in [4.78, 5) is 12.0. The molecule has 18 heavy (non-hydrogen) atoms. The summed E-state index contributed by atoms with van der Waals surface area (Å²) in [6.45, 7) is 4.51. The molecule has 0 aromatic heterocycles. The van der Waals surface area contributed by atoms with E-state index < -0.39 is 5.82 Å². The van der Waals surface area contributed by atoms with E-state index in [1.54, 1.807) is 6.07 Å². The second-order valence-corrected chi connectivity index (χ2v) is 4.75. The van der Waals surface area contributed by atoms with Crippen molar-refractivity contribution in [2.24, 2.45) is 11.8 Å². The smallest absolute Gasteiger partial charge is 0.229 e. The number of hydrogen-bond donors (Lipinski definition) is 2. The van der Waals surface area contributed by atoms with Gasteiger partial charge in [0, 0.05) is 18.7 Å². The minimum absolute atomic E-state index is 0.0826. The molecule has 1 aromatic carbocycles. The lowest BCUT2D eigenvalue weighted by Gasteiger charge is -2.16. The topological polar surface area (TPSA) is 50.4 Å². The van der Waals surface area contributed by atoms with Crippen molar-refractivity contribution in [1.29, 1.82) is 0 Å². The highest BCUT2D eigenvalue weighted by Gasteiger charge is 2.26. The summed E-state index contributed by atoms with van der Waals surface area (Å²) >= 11 is 0. The number of anilines is 2. The number of carbonyl (C=O) groups is 1. The fourth-order valence-electron chi connectivity index (χ4n) is 2.04. The van der Waals surface area contributed by atoms with Crippen molar-refractivity contribution >= 4 is 17.3 Å². The second-order valence-electron chi connectivity index (χ2n) is 4.75. The number of hydrogen-bond acceptors (Lipinski definition) is 3.